The van der Waals surface area contributed by atoms with Gasteiger partial charge in [-0.1, -0.05) is 0 Å². The first kappa shape index (κ1) is 13.4. The minimum Gasteiger partial charge on any atom is -0.396 e. The molecule has 0 aliphatic heterocycles. The fourth-order valence-corrected chi connectivity index (χ4v) is 2.25. The molecule has 0 aliphatic rings. The number of nitrogens with zero attached hydrogens (tertiary/aromatic N) is 1. The molecule has 0 saturated carbocycles. The average molecular weight is 283 g/mol. The summed E-state index contributed by atoms with van der Waals surface area (Å²) in [6, 6.07) is 2.04. The van der Waals surface area contributed by atoms with E-state index in [4.69, 9.17) is 5.73 Å². The molecule has 3 N–H and O–H groups in total. The van der Waals surface area contributed by atoms with E-state index in [0.717, 1.165) is 22.0 Å². The molecule has 1 heterocycles. The van der Waals surface area contributed by atoms with Gasteiger partial charge < -0.3 is 11.1 Å². The lowest BCUT2D eigenvalue weighted by molar-refractivity contribution is 0.0943. The minimum atomic E-state index is -1.04. The molecule has 1 amide bonds. The van der Waals surface area contributed by atoms with Crippen molar-refractivity contribution in [1.29, 1.82) is 0 Å². The van der Waals surface area contributed by atoms with Crippen LogP contribution >= 0.6 is 11.3 Å². The molecule has 7 heteroatoms. The number of carbonyl (C=O) groups is 1. The average Bonchev–Trinajstić information content (AvgIpc) is 2.78. The Balaban J connectivity index is 2.14. The first-order valence-electron chi connectivity index (χ1n) is 5.42. The van der Waals surface area contributed by atoms with Crippen molar-refractivity contribution < 1.29 is 13.6 Å². The molecule has 100 valence electrons. The van der Waals surface area contributed by atoms with Crippen LogP contribution in [0.2, 0.25) is 0 Å². The molecular weight excluding hydrogens is 272 g/mol. The Hall–Kier alpha value is -2.02. The quantitative estimate of drug-likeness (QED) is 0.849. The Morgan fingerprint density at radius 1 is 1.47 bits per heavy atom. The number of aromatic nitrogens is 1. The fourth-order valence-electron chi connectivity index (χ4n) is 1.52. The van der Waals surface area contributed by atoms with Crippen molar-refractivity contribution >= 4 is 22.9 Å². The van der Waals surface area contributed by atoms with Gasteiger partial charge in [-0.2, -0.15) is 0 Å². The van der Waals surface area contributed by atoms with E-state index in [0.29, 0.717) is 0 Å². The summed E-state index contributed by atoms with van der Waals surface area (Å²) in [6.45, 7) is 1.99. The summed E-state index contributed by atoms with van der Waals surface area (Å²) in [4.78, 5) is 16.6. The summed E-state index contributed by atoms with van der Waals surface area (Å²) in [6.07, 6.45) is 1.60. The number of thiazole rings is 1. The van der Waals surface area contributed by atoms with Crippen LogP contribution in [-0.2, 0) is 6.54 Å². The molecule has 1 aromatic heterocycles. The van der Waals surface area contributed by atoms with Crippen molar-refractivity contribution in [3.8, 4) is 0 Å². The molecule has 0 aliphatic carbocycles. The van der Waals surface area contributed by atoms with Crippen LogP contribution in [0, 0.1) is 18.6 Å². The highest BCUT2D eigenvalue weighted by Gasteiger charge is 2.19. The largest absolute Gasteiger partial charge is 0.396 e. The standard InChI is InChI=1S/C12H11F2N3OS/c1-6-16-4-7(19-6)5-17-12(18)10-8(13)2-3-9(15)11(10)14/h2-4H,5,15H2,1H3,(H,17,18). The molecule has 1 aromatic carbocycles. The Morgan fingerprint density at radius 2 is 2.21 bits per heavy atom. The number of rotatable bonds is 3. The number of aryl methyl sites for hydroxylation is 1. The number of halogens is 2. The third-order valence-electron chi connectivity index (χ3n) is 2.44. The van der Waals surface area contributed by atoms with Crippen LogP contribution < -0.4 is 11.1 Å². The van der Waals surface area contributed by atoms with E-state index in [1.165, 1.54) is 11.3 Å². The van der Waals surface area contributed by atoms with E-state index in [9.17, 15) is 13.6 Å². The number of anilines is 1. The van der Waals surface area contributed by atoms with Crippen molar-refractivity contribution in [2.45, 2.75) is 13.5 Å². The van der Waals surface area contributed by atoms with E-state index in [-0.39, 0.29) is 12.2 Å². The highest BCUT2D eigenvalue weighted by Crippen LogP contribution is 2.19. The maximum atomic E-state index is 13.6. The van der Waals surface area contributed by atoms with Crippen molar-refractivity contribution in [3.05, 3.63) is 45.4 Å². The predicted molar refractivity (Wildman–Crippen MR) is 68.8 cm³/mol. The van der Waals surface area contributed by atoms with Crippen LogP contribution in [0.25, 0.3) is 0 Å². The zero-order valence-corrected chi connectivity index (χ0v) is 10.9. The van der Waals surface area contributed by atoms with E-state index in [1.54, 1.807) is 6.20 Å². The summed E-state index contributed by atoms with van der Waals surface area (Å²) in [5.41, 5.74) is 4.38. The van der Waals surface area contributed by atoms with E-state index >= 15 is 0 Å². The molecular formula is C12H11F2N3OS. The van der Waals surface area contributed by atoms with Gasteiger partial charge in [0.05, 0.1) is 17.2 Å². The van der Waals surface area contributed by atoms with Gasteiger partial charge in [0.2, 0.25) is 0 Å². The number of nitrogens with one attached hydrogen (secondary N) is 1. The second-order valence-electron chi connectivity index (χ2n) is 3.85. The molecule has 0 saturated heterocycles. The Kier molecular flexibility index (Phi) is 3.75. The molecule has 0 unspecified atom stereocenters. The van der Waals surface area contributed by atoms with Gasteiger partial charge in [0, 0.05) is 11.1 Å². The van der Waals surface area contributed by atoms with Crippen LogP contribution in [0.5, 0.6) is 0 Å². The van der Waals surface area contributed by atoms with E-state index in [1.807, 2.05) is 6.92 Å². The van der Waals surface area contributed by atoms with Gasteiger partial charge in [0.25, 0.3) is 5.91 Å². The molecule has 0 fully saturated rings. The van der Waals surface area contributed by atoms with Gasteiger partial charge in [0.15, 0.2) is 5.82 Å². The van der Waals surface area contributed by atoms with Crippen molar-refractivity contribution in [3.63, 3.8) is 0 Å². The van der Waals surface area contributed by atoms with Gasteiger partial charge in [-0.3, -0.25) is 4.79 Å². The summed E-state index contributed by atoms with van der Waals surface area (Å²) in [7, 11) is 0. The van der Waals surface area contributed by atoms with E-state index < -0.39 is 23.1 Å². The third-order valence-corrected chi connectivity index (χ3v) is 3.35. The summed E-state index contributed by atoms with van der Waals surface area (Å²) < 4.78 is 27.1. The fraction of sp³-hybridized carbons (Fsp3) is 0.167. The smallest absolute Gasteiger partial charge is 0.257 e. The van der Waals surface area contributed by atoms with Crippen LogP contribution in [0.15, 0.2) is 18.3 Å². The van der Waals surface area contributed by atoms with Gasteiger partial charge in [-0.05, 0) is 19.1 Å². The first-order chi connectivity index (χ1) is 8.99. The Morgan fingerprint density at radius 3 is 2.84 bits per heavy atom. The Labute approximate surface area is 112 Å². The molecule has 19 heavy (non-hydrogen) atoms. The highest BCUT2D eigenvalue weighted by atomic mass is 32.1. The molecule has 0 radical (unpaired) electrons. The van der Waals surface area contributed by atoms with Crippen molar-refractivity contribution in [1.82, 2.24) is 10.3 Å². The maximum Gasteiger partial charge on any atom is 0.257 e. The van der Waals surface area contributed by atoms with Crippen molar-refractivity contribution in [2.24, 2.45) is 0 Å². The highest BCUT2D eigenvalue weighted by molar-refractivity contribution is 7.11. The lowest BCUT2D eigenvalue weighted by atomic mass is 10.1. The second-order valence-corrected chi connectivity index (χ2v) is 5.17. The van der Waals surface area contributed by atoms with Gasteiger partial charge in [0.1, 0.15) is 11.4 Å². The predicted octanol–water partition coefficient (Wildman–Crippen LogP) is 2.24. The zero-order chi connectivity index (χ0) is 14.0. The van der Waals surface area contributed by atoms with Crippen LogP contribution in [-0.4, -0.2) is 10.9 Å². The summed E-state index contributed by atoms with van der Waals surface area (Å²) in [5, 5.41) is 3.29. The lowest BCUT2D eigenvalue weighted by Gasteiger charge is -2.07. The zero-order valence-electron chi connectivity index (χ0n) is 10.0. The van der Waals surface area contributed by atoms with Crippen molar-refractivity contribution in [2.75, 3.05) is 5.73 Å². The van der Waals surface area contributed by atoms with E-state index in [2.05, 4.69) is 10.3 Å². The first-order valence-corrected chi connectivity index (χ1v) is 6.23. The van der Waals surface area contributed by atoms with Gasteiger partial charge in [-0.25, -0.2) is 13.8 Å². The van der Waals surface area contributed by atoms with Crippen LogP contribution in [0.3, 0.4) is 0 Å². The number of nitrogen functional groups attached to an aromatic ring is 1. The Bertz CT molecular complexity index is 627. The summed E-state index contributed by atoms with van der Waals surface area (Å²) in [5.74, 6) is -2.82. The van der Waals surface area contributed by atoms with Crippen LogP contribution in [0.4, 0.5) is 14.5 Å². The number of hydrogen-bond acceptors (Lipinski definition) is 4. The molecule has 4 nitrogen and oxygen atoms in total. The number of nitrogens with two attached hydrogens (primary N) is 1. The van der Waals surface area contributed by atoms with Gasteiger partial charge >= 0.3 is 0 Å². The molecule has 2 aromatic rings. The third kappa shape index (κ3) is 2.87. The minimum absolute atomic E-state index is 0.165. The maximum absolute atomic E-state index is 13.6. The summed E-state index contributed by atoms with van der Waals surface area (Å²) >= 11 is 1.40. The number of carbonyl (C=O) groups excluding carboxylic acids is 1. The normalized spacial score (nSPS) is 10.5. The number of benzene rings is 1. The lowest BCUT2D eigenvalue weighted by Crippen LogP contribution is -2.25. The number of amides is 1. The molecule has 2 rings (SSSR count). The SMILES string of the molecule is Cc1ncc(CNC(=O)c2c(F)ccc(N)c2F)s1. The second kappa shape index (κ2) is 5.31. The van der Waals surface area contributed by atoms with Crippen LogP contribution in [0.1, 0.15) is 20.2 Å². The molecule has 0 atom stereocenters. The molecule has 0 bridgehead atoms. The topological polar surface area (TPSA) is 68.0 Å². The number of hydrogen-bond donors (Lipinski definition) is 2. The monoisotopic (exact) mass is 283 g/mol. The van der Waals surface area contributed by atoms with Gasteiger partial charge in [-0.15, -0.1) is 11.3 Å². The molecule has 0 spiro atoms.